The van der Waals surface area contributed by atoms with Crippen molar-refractivity contribution < 1.29 is 9.59 Å². The van der Waals surface area contributed by atoms with E-state index in [1.165, 1.54) is 4.90 Å². The van der Waals surface area contributed by atoms with Gasteiger partial charge in [-0.3, -0.25) is 9.59 Å². The fourth-order valence-electron chi connectivity index (χ4n) is 2.45. The number of carbonyl (C=O) groups excluding carboxylic acids is 2. The van der Waals surface area contributed by atoms with E-state index in [1.54, 1.807) is 12.1 Å². The second-order valence-electron chi connectivity index (χ2n) is 4.93. The molecule has 1 saturated heterocycles. The molecule has 0 bridgehead atoms. The third-order valence-corrected chi connectivity index (χ3v) is 3.71. The van der Waals surface area contributed by atoms with E-state index in [0.29, 0.717) is 12.1 Å². The number of hydrogen-bond acceptors (Lipinski definition) is 4. The van der Waals surface area contributed by atoms with Gasteiger partial charge >= 0.3 is 0 Å². The summed E-state index contributed by atoms with van der Waals surface area (Å²) in [7, 11) is 0. The van der Waals surface area contributed by atoms with E-state index in [-0.39, 0.29) is 18.2 Å². The van der Waals surface area contributed by atoms with Crippen LogP contribution in [-0.4, -0.2) is 22.9 Å². The lowest BCUT2D eigenvalue weighted by molar-refractivity contribution is -0.122. The van der Waals surface area contributed by atoms with Crippen LogP contribution >= 0.6 is 11.6 Å². The molecule has 2 atom stereocenters. The van der Waals surface area contributed by atoms with E-state index < -0.39 is 11.0 Å². The summed E-state index contributed by atoms with van der Waals surface area (Å²) in [5.74, 6) is -0.577. The zero-order chi connectivity index (χ0) is 13.6. The molecule has 6 heteroatoms. The molecule has 2 amide bonds. The maximum absolute atomic E-state index is 12.5. The van der Waals surface area contributed by atoms with E-state index in [4.69, 9.17) is 11.6 Å². The zero-order valence-electron chi connectivity index (χ0n) is 10.3. The van der Waals surface area contributed by atoms with Crippen LogP contribution in [0.15, 0.2) is 34.5 Å². The van der Waals surface area contributed by atoms with Crippen molar-refractivity contribution in [3.05, 3.63) is 29.8 Å². The Labute approximate surface area is 115 Å². The number of carbonyl (C=O) groups is 2. The standard InChI is InChI=1S/C13H12ClN3O2/c1-8-2-4-9(5-3-8)17-11(18)7-13(12(17)19)6-10(14)15-16-13/h2-5,10H,6-7H2,1H3/t10-,13-/m0/s1. The van der Waals surface area contributed by atoms with Crippen LogP contribution in [0.2, 0.25) is 0 Å². The Kier molecular flexibility index (Phi) is 2.67. The SMILES string of the molecule is Cc1ccc(N2C(=O)C[C@@]3(C[C@@H](Cl)N=N3)C2=O)cc1. The summed E-state index contributed by atoms with van der Waals surface area (Å²) >= 11 is 5.87. The predicted octanol–water partition coefficient (Wildman–Crippen LogP) is 2.42. The number of anilines is 1. The number of rotatable bonds is 1. The lowest BCUT2D eigenvalue weighted by Crippen LogP contribution is -2.38. The molecule has 0 saturated carbocycles. The van der Waals surface area contributed by atoms with Crippen LogP contribution in [0.25, 0.3) is 0 Å². The van der Waals surface area contributed by atoms with Crippen molar-refractivity contribution in [2.45, 2.75) is 30.8 Å². The number of nitrogens with zero attached hydrogens (tertiary/aromatic N) is 3. The van der Waals surface area contributed by atoms with Crippen molar-refractivity contribution >= 4 is 29.1 Å². The van der Waals surface area contributed by atoms with Gasteiger partial charge in [-0.2, -0.15) is 10.2 Å². The summed E-state index contributed by atoms with van der Waals surface area (Å²) in [6.45, 7) is 1.95. The molecule has 1 spiro atoms. The number of alkyl halides is 1. The Morgan fingerprint density at radius 2 is 2.00 bits per heavy atom. The van der Waals surface area contributed by atoms with Gasteiger partial charge in [0, 0.05) is 6.42 Å². The molecule has 2 heterocycles. The third-order valence-electron chi connectivity index (χ3n) is 3.47. The number of amides is 2. The van der Waals surface area contributed by atoms with Crippen LogP contribution < -0.4 is 4.90 Å². The Hall–Kier alpha value is -1.75. The average Bonchev–Trinajstić information content (AvgIpc) is 2.84. The van der Waals surface area contributed by atoms with Crippen LogP contribution in [0, 0.1) is 6.92 Å². The average molecular weight is 278 g/mol. The van der Waals surface area contributed by atoms with Gasteiger partial charge in [0.1, 0.15) is 5.50 Å². The van der Waals surface area contributed by atoms with E-state index in [9.17, 15) is 9.59 Å². The molecule has 98 valence electrons. The highest BCUT2D eigenvalue weighted by Crippen LogP contribution is 2.40. The molecule has 1 aromatic rings. The van der Waals surface area contributed by atoms with Crippen LogP contribution in [-0.2, 0) is 9.59 Å². The maximum atomic E-state index is 12.5. The molecular weight excluding hydrogens is 266 g/mol. The molecule has 0 unspecified atom stereocenters. The first-order valence-corrected chi connectivity index (χ1v) is 6.46. The predicted molar refractivity (Wildman–Crippen MR) is 70.1 cm³/mol. The third kappa shape index (κ3) is 1.85. The molecule has 3 rings (SSSR count). The molecule has 0 N–H and O–H groups in total. The second-order valence-corrected chi connectivity index (χ2v) is 5.44. The molecule has 19 heavy (non-hydrogen) atoms. The quantitative estimate of drug-likeness (QED) is 0.450. The van der Waals surface area contributed by atoms with Gasteiger partial charge in [0.2, 0.25) is 5.91 Å². The lowest BCUT2D eigenvalue weighted by Gasteiger charge is -2.18. The van der Waals surface area contributed by atoms with Gasteiger partial charge in [-0.1, -0.05) is 29.3 Å². The van der Waals surface area contributed by atoms with Gasteiger partial charge in [0.05, 0.1) is 12.1 Å². The van der Waals surface area contributed by atoms with Gasteiger partial charge in [-0.05, 0) is 19.1 Å². The van der Waals surface area contributed by atoms with Crippen molar-refractivity contribution in [3.8, 4) is 0 Å². The molecule has 1 fully saturated rings. The first kappa shape index (κ1) is 12.3. The number of azo groups is 1. The number of imide groups is 1. The Balaban J connectivity index is 1.96. The summed E-state index contributed by atoms with van der Waals surface area (Å²) in [6.07, 6.45) is 0.341. The summed E-state index contributed by atoms with van der Waals surface area (Å²) in [6, 6.07) is 7.24. The molecule has 2 aliphatic rings. The number of hydrogen-bond donors (Lipinski definition) is 0. The molecule has 5 nitrogen and oxygen atoms in total. The molecular formula is C13H12ClN3O2. The number of aryl methyl sites for hydroxylation is 1. The summed E-state index contributed by atoms with van der Waals surface area (Å²) < 4.78 is 0. The minimum Gasteiger partial charge on any atom is -0.274 e. The lowest BCUT2D eigenvalue weighted by atomic mass is 9.95. The van der Waals surface area contributed by atoms with E-state index in [0.717, 1.165) is 5.56 Å². The minimum atomic E-state index is -1.08. The smallest absolute Gasteiger partial charge is 0.264 e. The fourth-order valence-corrected chi connectivity index (χ4v) is 2.75. The van der Waals surface area contributed by atoms with Gasteiger partial charge in [-0.25, -0.2) is 4.90 Å². The maximum Gasteiger partial charge on any atom is 0.264 e. The van der Waals surface area contributed by atoms with E-state index >= 15 is 0 Å². The summed E-state index contributed by atoms with van der Waals surface area (Å²) in [4.78, 5) is 25.7. The topological polar surface area (TPSA) is 62.1 Å². The van der Waals surface area contributed by atoms with E-state index in [1.807, 2.05) is 19.1 Å². The first-order chi connectivity index (χ1) is 9.02. The summed E-state index contributed by atoms with van der Waals surface area (Å²) in [5.41, 5.74) is 0.0494. The number of halogens is 1. The van der Waals surface area contributed by atoms with Crippen molar-refractivity contribution in [1.29, 1.82) is 0 Å². The normalized spacial score (nSPS) is 29.8. The highest BCUT2D eigenvalue weighted by molar-refractivity contribution is 6.26. The van der Waals surface area contributed by atoms with Crippen LogP contribution in [0.4, 0.5) is 5.69 Å². The molecule has 2 aliphatic heterocycles. The van der Waals surface area contributed by atoms with Crippen molar-refractivity contribution in [2.24, 2.45) is 10.2 Å². The van der Waals surface area contributed by atoms with Gasteiger partial charge in [-0.15, -0.1) is 0 Å². The van der Waals surface area contributed by atoms with Gasteiger partial charge < -0.3 is 0 Å². The van der Waals surface area contributed by atoms with Gasteiger partial charge in [0.25, 0.3) is 5.91 Å². The Morgan fingerprint density at radius 1 is 1.32 bits per heavy atom. The highest BCUT2D eigenvalue weighted by atomic mass is 35.5. The monoisotopic (exact) mass is 277 g/mol. The second kappa shape index (κ2) is 4.13. The largest absolute Gasteiger partial charge is 0.274 e. The van der Waals surface area contributed by atoms with Crippen molar-refractivity contribution in [1.82, 2.24) is 0 Å². The van der Waals surface area contributed by atoms with Gasteiger partial charge in [0.15, 0.2) is 5.54 Å². The zero-order valence-corrected chi connectivity index (χ0v) is 11.1. The fraction of sp³-hybridized carbons (Fsp3) is 0.385. The Morgan fingerprint density at radius 3 is 2.58 bits per heavy atom. The van der Waals surface area contributed by atoms with Crippen molar-refractivity contribution in [2.75, 3.05) is 4.90 Å². The minimum absolute atomic E-state index is 0.0480. The number of benzene rings is 1. The summed E-state index contributed by atoms with van der Waals surface area (Å²) in [5, 5.41) is 7.74. The van der Waals surface area contributed by atoms with E-state index in [2.05, 4.69) is 10.2 Å². The van der Waals surface area contributed by atoms with Crippen LogP contribution in [0.5, 0.6) is 0 Å². The molecule has 0 aromatic heterocycles. The molecule has 0 aliphatic carbocycles. The molecule has 1 aromatic carbocycles. The first-order valence-electron chi connectivity index (χ1n) is 6.02. The Bertz CT molecular complexity index is 584. The van der Waals surface area contributed by atoms with Crippen molar-refractivity contribution in [3.63, 3.8) is 0 Å². The van der Waals surface area contributed by atoms with Crippen LogP contribution in [0.3, 0.4) is 0 Å². The highest BCUT2D eigenvalue weighted by Gasteiger charge is 2.55. The van der Waals surface area contributed by atoms with Crippen LogP contribution in [0.1, 0.15) is 18.4 Å². The molecule has 0 radical (unpaired) electrons.